The predicted octanol–water partition coefficient (Wildman–Crippen LogP) is 26.6. The number of aromatic nitrogens is 4. The first-order chi connectivity index (χ1) is 52.6. The van der Waals surface area contributed by atoms with Crippen LogP contribution >= 0.6 is 0 Å². The van der Waals surface area contributed by atoms with Gasteiger partial charge in [-0.05, 0) is 187 Å². The fraction of sp³-hybridized carbons (Fsp3) is 0.330. The molecule has 4 heterocycles. The van der Waals surface area contributed by atoms with Gasteiger partial charge in [-0.1, -0.05) is 175 Å². The molecule has 0 spiro atoms. The summed E-state index contributed by atoms with van der Waals surface area (Å²) in [5.41, 5.74) is 2.79. The van der Waals surface area contributed by atoms with Crippen LogP contribution in [-0.4, -0.2) is 52.6 Å². The van der Waals surface area contributed by atoms with Gasteiger partial charge >= 0.3 is 0 Å². The van der Waals surface area contributed by atoms with E-state index >= 15 is 0 Å². The average molecular weight is 2050 g/mol. The molecule has 0 saturated heterocycles. The van der Waals surface area contributed by atoms with E-state index in [4.69, 9.17) is 19.3 Å². The number of fused-ring (bicyclic) bond motifs is 7. The number of ether oxygens (including phenoxy) is 3. The van der Waals surface area contributed by atoms with E-state index in [0.717, 1.165) is 65.5 Å². The Morgan fingerprint density at radius 3 is 1.53 bits per heavy atom. The molecule has 4 aromatic heterocycles. The van der Waals surface area contributed by atoms with Crippen molar-refractivity contribution in [3.63, 3.8) is 0 Å². The van der Waals surface area contributed by atoms with Crippen molar-refractivity contribution in [2.45, 2.75) is 187 Å². The number of para-hydroxylation sites is 2. The van der Waals surface area contributed by atoms with Gasteiger partial charge in [-0.2, -0.15) is 42.5 Å². The summed E-state index contributed by atoms with van der Waals surface area (Å²) >= 11 is 0. The van der Waals surface area contributed by atoms with E-state index in [1.54, 1.807) is 12.4 Å². The van der Waals surface area contributed by atoms with Crippen LogP contribution in [-0.2, 0) is 74.7 Å². The molecule has 1 fully saturated rings. The molecule has 12 aromatic rings. The zero-order chi connectivity index (χ0) is 79.8. The van der Waals surface area contributed by atoms with Gasteiger partial charge in [0.15, 0.2) is 17.3 Å². The van der Waals surface area contributed by atoms with Gasteiger partial charge in [0.05, 0.1) is 5.76 Å². The van der Waals surface area contributed by atoms with Crippen LogP contribution in [0.25, 0.3) is 64.6 Å². The maximum atomic E-state index is 12.2. The van der Waals surface area contributed by atoms with Crippen LogP contribution in [0.4, 0.5) is 0 Å². The maximum Gasteiger partial charge on any atom is 0.224 e. The molecular weight excluding hydrogens is 1940 g/mol. The summed E-state index contributed by atoms with van der Waals surface area (Å²) in [5.74, 6) is 4.80. The second kappa shape index (κ2) is 44.5. The molecule has 1 aliphatic rings. The third-order valence-corrected chi connectivity index (χ3v) is 21.5. The summed E-state index contributed by atoms with van der Waals surface area (Å²) in [5, 5.41) is 42.6. The van der Waals surface area contributed by atoms with Gasteiger partial charge in [0.25, 0.3) is 0 Å². The smallest absolute Gasteiger partial charge is 0.224 e. The Morgan fingerprint density at radius 1 is 0.451 bits per heavy atom. The minimum Gasteiger partial charge on any atom is -0.512 e. The third kappa shape index (κ3) is 26.5. The normalized spacial score (nSPS) is 12.6. The number of aliphatic hydroxyl groups is 3. The number of ketones is 3. The van der Waals surface area contributed by atoms with Crippen LogP contribution in [0.5, 0.6) is 34.9 Å². The zero-order valence-corrected chi connectivity index (χ0v) is 75.3. The van der Waals surface area contributed by atoms with Gasteiger partial charge < -0.3 is 34.5 Å². The summed E-state index contributed by atoms with van der Waals surface area (Å²) in [6.45, 7) is 30.9. The molecule has 8 aromatic carbocycles. The van der Waals surface area contributed by atoms with Crippen molar-refractivity contribution in [2.24, 2.45) is 21.7 Å². The Hall–Kier alpha value is -9.10. The number of benzene rings is 8. The Kier molecular flexibility index (Phi) is 37.2. The quantitative estimate of drug-likeness (QED) is 0.0215. The molecule has 3 N–H and O–H groups in total. The second-order valence-electron chi connectivity index (χ2n) is 30.2. The van der Waals surface area contributed by atoms with Gasteiger partial charge in [-0.3, -0.25) is 14.4 Å². The van der Waals surface area contributed by atoms with Gasteiger partial charge in [0, 0.05) is 164 Å². The monoisotopic (exact) mass is 2050 g/mol. The number of nitrogens with zero attached hydrogens (tertiary/aromatic N) is 4. The first kappa shape index (κ1) is 94.5. The van der Waals surface area contributed by atoms with Crippen LogP contribution in [0.3, 0.4) is 0 Å². The predicted molar refractivity (Wildman–Crippen MR) is 451 cm³/mol. The van der Waals surface area contributed by atoms with Crippen molar-refractivity contribution >= 4 is 82.0 Å². The molecule has 0 amide bonds. The zero-order valence-electron chi connectivity index (χ0n) is 68.1. The molecule has 13 nitrogen and oxygen atoms in total. The molecule has 1 saturated carbocycles. The molecule has 3 radical (unpaired) electrons. The fourth-order valence-corrected chi connectivity index (χ4v) is 12.6. The molecule has 0 bridgehead atoms. The van der Waals surface area contributed by atoms with Crippen LogP contribution in [0.15, 0.2) is 230 Å². The first-order valence-electron chi connectivity index (χ1n) is 38.5. The van der Waals surface area contributed by atoms with Crippen molar-refractivity contribution in [3.8, 4) is 34.9 Å². The van der Waals surface area contributed by atoms with Crippen molar-refractivity contribution in [1.82, 2.24) is 19.9 Å². The van der Waals surface area contributed by atoms with Crippen molar-refractivity contribution in [3.05, 3.63) is 265 Å². The average Bonchev–Trinajstić information content (AvgIpc) is 0.766. The van der Waals surface area contributed by atoms with E-state index in [9.17, 15) is 24.6 Å². The number of hydrogen-bond donors (Lipinski definition) is 3. The van der Waals surface area contributed by atoms with Gasteiger partial charge in [-0.25, -0.2) is 15.0 Å². The Morgan fingerprint density at radius 2 is 1.00 bits per heavy atom. The number of hydrogen-bond acceptors (Lipinski definition) is 13. The van der Waals surface area contributed by atoms with Crippen LogP contribution in [0, 0.1) is 53.8 Å². The van der Waals surface area contributed by atoms with Crippen molar-refractivity contribution in [2.75, 3.05) is 0 Å². The minimum atomic E-state index is -0.377. The molecule has 0 aliphatic heterocycles. The standard InChI is InChI=1S/C25H22NO.C21H16NO.C18H11N2O.C15H28O2.C13H24O2.C5H8O2.3Ir/c1-3-8-18(9-4-1)23-13-7-10-19-14-21-17-26-25(16-20(21)15-24(19)23)27-22-11-5-2-6-12-22;1-14-8-15(2)20-11-16-12-21(23-19-6-4-3-5-7-19)22-13-18(16)10-17(20)9-14;1-2-6-15-13(4-1)7-8-17-16(15)9-11-20-18(17)21-14-5-3-10-19-12-14;1-7-14(5,8-2)12(16)11-13(17)15(6,9-3)10-4;1-7-12(3,4)10(14)9-11(15)13(5,6)8-2;1-4(6)3-5(2)7;;;/h2,5-7,10-11,13-18H,1,3-4,8-9H2;3-6,8-13H,1-2H3;1-11H;11,16H,7-10H2,1-6H3;9,14H,7-8H2,1-6H3;3,6H,1-2H3;;;/q3*-1;;;;;;. The molecule has 0 atom stereocenters. The number of carbonyl (C=O) groups excluding carboxylic acids is 3. The molecule has 1 aliphatic carbocycles. The molecule has 13 rings (SSSR count). The van der Waals surface area contributed by atoms with Crippen LogP contribution < -0.4 is 14.2 Å². The molecule has 0 unspecified atom stereocenters. The van der Waals surface area contributed by atoms with E-state index in [0.29, 0.717) is 40.8 Å². The van der Waals surface area contributed by atoms with Crippen LogP contribution in [0.1, 0.15) is 190 Å². The molecule has 16 heteroatoms. The Labute approximate surface area is 709 Å². The molecular formula is C97H109Ir3N4O9-3. The Balaban J connectivity index is 0.000000249. The minimum absolute atomic E-state index is 0. The number of rotatable bonds is 20. The Bertz CT molecular complexity index is 5180. The van der Waals surface area contributed by atoms with E-state index in [1.165, 1.54) is 119 Å². The summed E-state index contributed by atoms with van der Waals surface area (Å²) in [6.07, 6.45) is 25.6. The van der Waals surface area contributed by atoms with Gasteiger partial charge in [0.2, 0.25) is 17.6 Å². The van der Waals surface area contributed by atoms with Crippen molar-refractivity contribution < 1.29 is 104 Å². The fourth-order valence-electron chi connectivity index (χ4n) is 12.6. The number of allylic oxidation sites excluding steroid dienone is 6. The summed E-state index contributed by atoms with van der Waals surface area (Å²) in [6, 6.07) is 63.5. The van der Waals surface area contributed by atoms with E-state index in [1.807, 2.05) is 193 Å². The first-order valence-corrected chi connectivity index (χ1v) is 38.5. The van der Waals surface area contributed by atoms with E-state index in [2.05, 4.69) is 125 Å². The van der Waals surface area contributed by atoms with Crippen molar-refractivity contribution in [1.29, 1.82) is 0 Å². The van der Waals surface area contributed by atoms with Gasteiger partial charge in [-0.15, -0.1) is 30.3 Å². The topological polar surface area (TPSA) is 191 Å². The van der Waals surface area contributed by atoms with E-state index in [-0.39, 0.29) is 117 Å². The third-order valence-electron chi connectivity index (χ3n) is 21.5. The summed E-state index contributed by atoms with van der Waals surface area (Å²) in [4.78, 5) is 51.2. The number of pyridine rings is 4. The molecule has 113 heavy (non-hydrogen) atoms. The maximum absolute atomic E-state index is 12.2. The largest absolute Gasteiger partial charge is 0.512 e. The SMILES string of the molecule is CC(=O)C=C(C)O.CCC(C)(C)C(=O)C=C(O)C(C)(C)CC.CCC(C)(CC)C(=O)C=C(O)C(C)(CC)CC.Cc1cc(C)c2cc3cc(Oc4[c-]cccc4)ncc3cc2c1.[Ir].[Ir].[Ir].[c-]1ccccc1Oc1cc2cc3c(C4CCCCC4)cccc3cc2cn1.[c-]1ncccc1Oc1nccc2c1ccc1ccccc12. The summed E-state index contributed by atoms with van der Waals surface area (Å²) < 4.78 is 17.5. The number of aryl methyl sites for hydroxylation is 2. The van der Waals surface area contributed by atoms with Crippen LogP contribution in [0.2, 0.25) is 0 Å². The van der Waals surface area contributed by atoms with Gasteiger partial charge in [0.1, 0.15) is 11.5 Å². The number of aliphatic hydroxyl groups excluding tert-OH is 3. The summed E-state index contributed by atoms with van der Waals surface area (Å²) in [7, 11) is 0. The van der Waals surface area contributed by atoms with E-state index < -0.39 is 0 Å². The number of carbonyl (C=O) groups is 3. The second-order valence-corrected chi connectivity index (χ2v) is 30.2. The molecule has 601 valence electrons.